The van der Waals surface area contributed by atoms with Crippen LogP contribution in [0, 0.1) is 0 Å². The summed E-state index contributed by atoms with van der Waals surface area (Å²) in [4.78, 5) is 2.58. The van der Waals surface area contributed by atoms with Crippen molar-refractivity contribution < 1.29 is 0 Å². The van der Waals surface area contributed by atoms with Crippen LogP contribution in [0.5, 0.6) is 0 Å². The summed E-state index contributed by atoms with van der Waals surface area (Å²) in [6, 6.07) is 22.6. The van der Waals surface area contributed by atoms with Gasteiger partial charge in [-0.05, 0) is 24.1 Å². The third-order valence-electron chi connectivity index (χ3n) is 4.79. The maximum Gasteiger partial charge on any atom is 0.0352 e. The molecule has 0 radical (unpaired) electrons. The van der Waals surface area contributed by atoms with Gasteiger partial charge in [-0.25, -0.2) is 0 Å². The smallest absolute Gasteiger partial charge is 0.0352 e. The van der Waals surface area contributed by atoms with Crippen molar-refractivity contribution in [2.45, 2.75) is 32.0 Å². The highest BCUT2D eigenvalue weighted by atomic mass is 15.2. The molecule has 24 heavy (non-hydrogen) atoms. The maximum atomic E-state index is 3.74. The van der Waals surface area contributed by atoms with E-state index < -0.39 is 0 Å². The van der Waals surface area contributed by atoms with E-state index in [0.29, 0.717) is 12.1 Å². The second kappa shape index (κ2) is 8.97. The Morgan fingerprint density at radius 1 is 1.04 bits per heavy atom. The first-order valence-electron chi connectivity index (χ1n) is 9.12. The molecule has 1 heterocycles. The van der Waals surface area contributed by atoms with E-state index in [-0.39, 0.29) is 0 Å². The highest BCUT2D eigenvalue weighted by molar-refractivity contribution is 5.17. The molecule has 128 valence electrons. The quantitative estimate of drug-likeness (QED) is 0.820. The van der Waals surface area contributed by atoms with Crippen LogP contribution in [0.2, 0.25) is 0 Å². The van der Waals surface area contributed by atoms with Gasteiger partial charge in [-0.3, -0.25) is 4.90 Å². The lowest BCUT2D eigenvalue weighted by Crippen LogP contribution is -2.59. The number of benzene rings is 2. The van der Waals surface area contributed by atoms with Gasteiger partial charge < -0.3 is 10.6 Å². The van der Waals surface area contributed by atoms with E-state index in [9.17, 15) is 0 Å². The molecule has 3 rings (SSSR count). The van der Waals surface area contributed by atoms with Gasteiger partial charge in [-0.1, -0.05) is 67.6 Å². The lowest BCUT2D eigenvalue weighted by molar-refractivity contribution is 0.168. The van der Waals surface area contributed by atoms with Crippen molar-refractivity contribution in [1.82, 2.24) is 15.5 Å². The Morgan fingerprint density at radius 2 is 1.71 bits per heavy atom. The zero-order chi connectivity index (χ0) is 16.6. The van der Waals surface area contributed by atoms with Crippen molar-refractivity contribution in [2.24, 2.45) is 0 Å². The Kier molecular flexibility index (Phi) is 6.41. The fourth-order valence-electron chi connectivity index (χ4n) is 3.58. The minimum Gasteiger partial charge on any atom is -0.312 e. The standard InChI is InChI=1S/C21H29N3/c1-2-22-20(15-18-9-5-3-6-10-18)21-17-24(14-13-23-21)16-19-11-7-4-8-12-19/h3-12,20-23H,2,13-17H2,1H3/t20-,21?/m0/s1. The molecule has 1 saturated heterocycles. The fraction of sp³-hybridized carbons (Fsp3) is 0.429. The van der Waals surface area contributed by atoms with Crippen LogP contribution in [0.4, 0.5) is 0 Å². The summed E-state index contributed by atoms with van der Waals surface area (Å²) in [7, 11) is 0. The molecule has 0 aliphatic carbocycles. The van der Waals surface area contributed by atoms with Crippen molar-refractivity contribution in [3.8, 4) is 0 Å². The van der Waals surface area contributed by atoms with E-state index in [0.717, 1.165) is 39.1 Å². The average Bonchev–Trinajstić information content (AvgIpc) is 2.63. The Morgan fingerprint density at radius 3 is 2.38 bits per heavy atom. The van der Waals surface area contributed by atoms with Gasteiger partial charge in [-0.15, -0.1) is 0 Å². The second-order valence-electron chi connectivity index (χ2n) is 6.64. The Balaban J connectivity index is 1.62. The normalized spacial score (nSPS) is 20.0. The number of likely N-dealkylation sites (N-methyl/N-ethyl adjacent to an activating group) is 1. The summed E-state index contributed by atoms with van der Waals surface area (Å²) in [5.74, 6) is 0. The van der Waals surface area contributed by atoms with Gasteiger partial charge in [0.2, 0.25) is 0 Å². The van der Waals surface area contributed by atoms with E-state index in [4.69, 9.17) is 0 Å². The summed E-state index contributed by atoms with van der Waals surface area (Å²) in [5, 5.41) is 7.43. The van der Waals surface area contributed by atoms with E-state index in [2.05, 4.69) is 83.1 Å². The monoisotopic (exact) mass is 323 g/mol. The van der Waals surface area contributed by atoms with Crippen LogP contribution in [0.15, 0.2) is 60.7 Å². The fourth-order valence-corrected chi connectivity index (χ4v) is 3.58. The van der Waals surface area contributed by atoms with E-state index >= 15 is 0 Å². The lowest BCUT2D eigenvalue weighted by atomic mass is 9.97. The molecule has 1 unspecified atom stereocenters. The molecule has 2 aromatic rings. The summed E-state index contributed by atoms with van der Waals surface area (Å²) < 4.78 is 0. The first-order chi connectivity index (χ1) is 11.8. The first kappa shape index (κ1) is 17.2. The molecule has 1 aliphatic rings. The van der Waals surface area contributed by atoms with Gasteiger partial charge in [0.05, 0.1) is 0 Å². The van der Waals surface area contributed by atoms with Gasteiger partial charge in [-0.2, -0.15) is 0 Å². The summed E-state index contributed by atoms with van der Waals surface area (Å²) in [6.45, 7) is 7.53. The van der Waals surface area contributed by atoms with Crippen LogP contribution in [0.3, 0.4) is 0 Å². The molecule has 1 aliphatic heterocycles. The molecule has 0 spiro atoms. The molecule has 3 nitrogen and oxygen atoms in total. The molecule has 2 atom stereocenters. The van der Waals surface area contributed by atoms with Crippen LogP contribution in [-0.4, -0.2) is 43.2 Å². The van der Waals surface area contributed by atoms with Crippen LogP contribution >= 0.6 is 0 Å². The molecule has 0 amide bonds. The number of rotatable bonds is 7. The summed E-state index contributed by atoms with van der Waals surface area (Å²) >= 11 is 0. The Hall–Kier alpha value is -1.68. The highest BCUT2D eigenvalue weighted by Crippen LogP contribution is 2.12. The van der Waals surface area contributed by atoms with Crippen LogP contribution in [0.25, 0.3) is 0 Å². The molecule has 2 N–H and O–H groups in total. The molecule has 3 heteroatoms. The molecule has 0 bridgehead atoms. The van der Waals surface area contributed by atoms with Gasteiger partial charge in [0.1, 0.15) is 0 Å². The van der Waals surface area contributed by atoms with E-state index in [1.54, 1.807) is 0 Å². The van der Waals surface area contributed by atoms with Gasteiger partial charge in [0, 0.05) is 38.3 Å². The number of piperazine rings is 1. The molecular formula is C21H29N3. The molecule has 0 aromatic heterocycles. The van der Waals surface area contributed by atoms with Crippen molar-refractivity contribution >= 4 is 0 Å². The summed E-state index contributed by atoms with van der Waals surface area (Å²) in [5.41, 5.74) is 2.81. The lowest BCUT2D eigenvalue weighted by Gasteiger charge is -2.38. The van der Waals surface area contributed by atoms with Crippen molar-refractivity contribution in [3.63, 3.8) is 0 Å². The van der Waals surface area contributed by atoms with Gasteiger partial charge in [0.15, 0.2) is 0 Å². The molecular weight excluding hydrogens is 294 g/mol. The maximum absolute atomic E-state index is 3.74. The average molecular weight is 323 g/mol. The largest absolute Gasteiger partial charge is 0.312 e. The first-order valence-corrected chi connectivity index (χ1v) is 9.12. The van der Waals surface area contributed by atoms with Crippen LogP contribution in [-0.2, 0) is 13.0 Å². The zero-order valence-electron chi connectivity index (χ0n) is 14.6. The Labute approximate surface area is 146 Å². The van der Waals surface area contributed by atoms with Gasteiger partial charge in [0.25, 0.3) is 0 Å². The zero-order valence-corrected chi connectivity index (χ0v) is 14.6. The van der Waals surface area contributed by atoms with Crippen LogP contribution < -0.4 is 10.6 Å². The molecule has 1 fully saturated rings. The van der Waals surface area contributed by atoms with E-state index in [1.807, 2.05) is 0 Å². The number of hydrogen-bond donors (Lipinski definition) is 2. The van der Waals surface area contributed by atoms with Crippen molar-refractivity contribution in [3.05, 3.63) is 71.8 Å². The van der Waals surface area contributed by atoms with Crippen molar-refractivity contribution in [1.29, 1.82) is 0 Å². The second-order valence-corrected chi connectivity index (χ2v) is 6.64. The molecule has 2 aromatic carbocycles. The van der Waals surface area contributed by atoms with Gasteiger partial charge >= 0.3 is 0 Å². The number of hydrogen-bond acceptors (Lipinski definition) is 3. The summed E-state index contributed by atoms with van der Waals surface area (Å²) in [6.07, 6.45) is 1.07. The predicted molar refractivity (Wildman–Crippen MR) is 101 cm³/mol. The third-order valence-corrected chi connectivity index (χ3v) is 4.79. The van der Waals surface area contributed by atoms with Crippen molar-refractivity contribution in [2.75, 3.05) is 26.2 Å². The SMILES string of the molecule is CCN[C@@H](Cc1ccccc1)C1CN(Cc2ccccc2)CCN1. The Bertz CT molecular complexity index is 585. The minimum absolute atomic E-state index is 0.468. The number of nitrogens with zero attached hydrogens (tertiary/aromatic N) is 1. The van der Waals surface area contributed by atoms with E-state index in [1.165, 1.54) is 11.1 Å². The predicted octanol–water partition coefficient (Wildman–Crippen LogP) is 2.68. The minimum atomic E-state index is 0.468. The topological polar surface area (TPSA) is 27.3 Å². The van der Waals surface area contributed by atoms with Crippen LogP contribution in [0.1, 0.15) is 18.1 Å². The highest BCUT2D eigenvalue weighted by Gasteiger charge is 2.26. The third kappa shape index (κ3) is 4.91. The molecule has 0 saturated carbocycles. The number of nitrogens with one attached hydrogen (secondary N) is 2.